The minimum absolute atomic E-state index is 0.145. The van der Waals surface area contributed by atoms with E-state index in [1.165, 1.54) is 6.07 Å². The summed E-state index contributed by atoms with van der Waals surface area (Å²) in [5.74, 6) is 0.391. The van der Waals surface area contributed by atoms with Crippen LogP contribution in [-0.2, 0) is 0 Å². The highest BCUT2D eigenvalue weighted by atomic mass is 16.4. The van der Waals surface area contributed by atoms with Crippen LogP contribution in [0.1, 0.15) is 21.7 Å². The van der Waals surface area contributed by atoms with Gasteiger partial charge < -0.3 is 9.52 Å². The van der Waals surface area contributed by atoms with Gasteiger partial charge in [-0.3, -0.25) is 5.43 Å². The summed E-state index contributed by atoms with van der Waals surface area (Å²) in [6.07, 6.45) is 3.44. The average Bonchev–Trinajstić information content (AvgIpc) is 3.35. The largest absolute Gasteiger partial charge is 0.478 e. The van der Waals surface area contributed by atoms with Crippen LogP contribution in [0.25, 0.3) is 17.1 Å². The minimum atomic E-state index is -1.02. The molecule has 0 aliphatic rings. The van der Waals surface area contributed by atoms with Gasteiger partial charge in [-0.1, -0.05) is 30.3 Å². The van der Waals surface area contributed by atoms with Crippen molar-refractivity contribution in [2.45, 2.75) is 6.92 Å². The SMILES string of the molecule is Cc1ccc(-c2nn(-c3ccccc3)cc2/C=N\Nc2ccccc2C(=O)O)o1. The molecule has 7 heteroatoms. The van der Waals surface area contributed by atoms with Crippen molar-refractivity contribution in [3.8, 4) is 17.1 Å². The Hall–Kier alpha value is -4.13. The van der Waals surface area contributed by atoms with Gasteiger partial charge >= 0.3 is 5.97 Å². The van der Waals surface area contributed by atoms with Crippen molar-refractivity contribution in [1.82, 2.24) is 9.78 Å². The summed E-state index contributed by atoms with van der Waals surface area (Å²) in [5.41, 5.74) is 5.61. The number of rotatable bonds is 6. The van der Waals surface area contributed by atoms with Crippen molar-refractivity contribution >= 4 is 17.9 Å². The summed E-state index contributed by atoms with van der Waals surface area (Å²) in [5, 5.41) is 18.2. The number of aryl methyl sites for hydroxylation is 1. The van der Waals surface area contributed by atoms with Gasteiger partial charge in [0.1, 0.15) is 11.5 Å². The summed E-state index contributed by atoms with van der Waals surface area (Å²) in [6, 6.07) is 20.0. The maximum absolute atomic E-state index is 11.3. The number of carbonyl (C=O) groups is 1. The van der Waals surface area contributed by atoms with Crippen LogP contribution in [0.3, 0.4) is 0 Å². The first kappa shape index (κ1) is 18.2. The lowest BCUT2D eigenvalue weighted by atomic mass is 10.2. The number of carboxylic acids is 1. The molecule has 0 saturated carbocycles. The maximum atomic E-state index is 11.3. The molecule has 0 spiro atoms. The molecule has 2 N–H and O–H groups in total. The van der Waals surface area contributed by atoms with E-state index in [4.69, 9.17) is 4.42 Å². The fourth-order valence-corrected chi connectivity index (χ4v) is 2.89. The molecule has 0 fully saturated rings. The molecule has 2 aromatic carbocycles. The second-order valence-electron chi connectivity index (χ2n) is 6.34. The number of carboxylic acid groups (broad SMARTS) is 1. The lowest BCUT2D eigenvalue weighted by molar-refractivity contribution is 0.0698. The molecule has 0 aliphatic carbocycles. The summed E-state index contributed by atoms with van der Waals surface area (Å²) < 4.78 is 7.49. The highest BCUT2D eigenvalue weighted by molar-refractivity contribution is 5.94. The van der Waals surface area contributed by atoms with E-state index in [-0.39, 0.29) is 5.56 Å². The Morgan fingerprint density at radius 2 is 1.86 bits per heavy atom. The molecule has 29 heavy (non-hydrogen) atoms. The summed E-state index contributed by atoms with van der Waals surface area (Å²) in [6.45, 7) is 1.87. The number of nitrogens with one attached hydrogen (secondary N) is 1. The van der Waals surface area contributed by atoms with Gasteiger partial charge in [0.2, 0.25) is 0 Å². The number of para-hydroxylation sites is 2. The van der Waals surface area contributed by atoms with E-state index in [1.54, 1.807) is 29.1 Å². The van der Waals surface area contributed by atoms with E-state index in [9.17, 15) is 9.90 Å². The molecule has 0 atom stereocenters. The van der Waals surface area contributed by atoms with Gasteiger partial charge in [0.15, 0.2) is 5.76 Å². The Labute approximate surface area is 166 Å². The molecule has 0 radical (unpaired) electrons. The first-order valence-corrected chi connectivity index (χ1v) is 8.95. The molecular formula is C22H18N4O3. The first-order valence-electron chi connectivity index (χ1n) is 8.95. The minimum Gasteiger partial charge on any atom is -0.478 e. The van der Waals surface area contributed by atoms with Gasteiger partial charge in [0.25, 0.3) is 0 Å². The van der Waals surface area contributed by atoms with E-state index >= 15 is 0 Å². The predicted octanol–water partition coefficient (Wildman–Crippen LogP) is 4.58. The van der Waals surface area contributed by atoms with Crippen LogP contribution >= 0.6 is 0 Å². The molecule has 0 aliphatic heterocycles. The monoisotopic (exact) mass is 386 g/mol. The average molecular weight is 386 g/mol. The standard InChI is InChI=1S/C22H18N4O3/c1-15-11-12-20(29-15)21-16(14-26(25-21)17-7-3-2-4-8-17)13-23-24-19-10-6-5-9-18(19)22(27)28/h2-14,24H,1H3,(H,27,28)/b23-13-. The van der Waals surface area contributed by atoms with Gasteiger partial charge in [-0.25, -0.2) is 9.48 Å². The molecule has 2 heterocycles. The summed E-state index contributed by atoms with van der Waals surface area (Å²) >= 11 is 0. The van der Waals surface area contributed by atoms with Crippen molar-refractivity contribution in [3.63, 3.8) is 0 Å². The van der Waals surface area contributed by atoms with E-state index < -0.39 is 5.97 Å². The van der Waals surface area contributed by atoms with Crippen molar-refractivity contribution in [1.29, 1.82) is 0 Å². The van der Waals surface area contributed by atoms with Crippen LogP contribution in [0.15, 0.2) is 82.4 Å². The highest BCUT2D eigenvalue weighted by Gasteiger charge is 2.14. The Morgan fingerprint density at radius 1 is 1.10 bits per heavy atom. The van der Waals surface area contributed by atoms with Crippen molar-refractivity contribution in [3.05, 3.63) is 89.8 Å². The van der Waals surface area contributed by atoms with Gasteiger partial charge in [-0.15, -0.1) is 0 Å². The van der Waals surface area contributed by atoms with Crippen LogP contribution in [0, 0.1) is 6.92 Å². The van der Waals surface area contributed by atoms with Crippen LogP contribution in [0.2, 0.25) is 0 Å². The summed E-state index contributed by atoms with van der Waals surface area (Å²) in [7, 11) is 0. The zero-order valence-electron chi connectivity index (χ0n) is 15.6. The number of aromatic carboxylic acids is 1. The molecule has 0 unspecified atom stereocenters. The van der Waals surface area contributed by atoms with Crippen LogP contribution < -0.4 is 5.43 Å². The molecule has 4 rings (SSSR count). The number of nitrogens with zero attached hydrogens (tertiary/aromatic N) is 3. The van der Waals surface area contributed by atoms with E-state index in [0.29, 0.717) is 17.1 Å². The van der Waals surface area contributed by atoms with Crippen molar-refractivity contribution < 1.29 is 14.3 Å². The smallest absolute Gasteiger partial charge is 0.337 e. The Balaban J connectivity index is 1.68. The molecule has 4 aromatic rings. The number of hydrogen-bond donors (Lipinski definition) is 2. The van der Waals surface area contributed by atoms with Crippen LogP contribution in [0.4, 0.5) is 5.69 Å². The number of anilines is 1. The normalized spacial score (nSPS) is 11.1. The van der Waals surface area contributed by atoms with Gasteiger partial charge in [0.05, 0.1) is 23.2 Å². The fourth-order valence-electron chi connectivity index (χ4n) is 2.89. The maximum Gasteiger partial charge on any atom is 0.337 e. The molecule has 0 bridgehead atoms. The third-order valence-corrected chi connectivity index (χ3v) is 4.28. The Kier molecular flexibility index (Phi) is 4.94. The fraction of sp³-hybridized carbons (Fsp3) is 0.0455. The number of aromatic nitrogens is 2. The third kappa shape index (κ3) is 3.93. The molecule has 0 amide bonds. The topological polar surface area (TPSA) is 92.7 Å². The van der Waals surface area contributed by atoms with Crippen LogP contribution in [0.5, 0.6) is 0 Å². The molecule has 7 nitrogen and oxygen atoms in total. The van der Waals surface area contributed by atoms with E-state index in [1.807, 2.05) is 55.6 Å². The summed E-state index contributed by atoms with van der Waals surface area (Å²) in [4.78, 5) is 11.3. The van der Waals surface area contributed by atoms with Crippen molar-refractivity contribution in [2.75, 3.05) is 5.43 Å². The quantitative estimate of drug-likeness (QED) is 0.374. The zero-order chi connectivity index (χ0) is 20.2. The first-order chi connectivity index (χ1) is 14.1. The zero-order valence-corrected chi connectivity index (χ0v) is 15.6. The molecule has 0 saturated heterocycles. The van der Waals surface area contributed by atoms with E-state index in [0.717, 1.165) is 17.0 Å². The Bertz CT molecular complexity index is 1180. The van der Waals surface area contributed by atoms with Gasteiger partial charge in [0, 0.05) is 11.8 Å². The predicted molar refractivity (Wildman–Crippen MR) is 111 cm³/mol. The van der Waals surface area contributed by atoms with Crippen LogP contribution in [-0.4, -0.2) is 27.1 Å². The molecular weight excluding hydrogens is 368 g/mol. The number of furan rings is 1. The molecule has 144 valence electrons. The number of hydrogen-bond acceptors (Lipinski definition) is 5. The lowest BCUT2D eigenvalue weighted by Gasteiger charge is -2.03. The van der Waals surface area contributed by atoms with E-state index in [2.05, 4.69) is 15.6 Å². The van der Waals surface area contributed by atoms with Gasteiger partial charge in [-0.05, 0) is 43.3 Å². The number of hydrazone groups is 1. The second-order valence-corrected chi connectivity index (χ2v) is 6.34. The second kappa shape index (κ2) is 7.85. The Morgan fingerprint density at radius 3 is 2.59 bits per heavy atom. The van der Waals surface area contributed by atoms with Crippen molar-refractivity contribution in [2.24, 2.45) is 5.10 Å². The highest BCUT2D eigenvalue weighted by Crippen LogP contribution is 2.25. The molecule has 2 aromatic heterocycles. The number of benzene rings is 2. The van der Waals surface area contributed by atoms with Gasteiger partial charge in [-0.2, -0.15) is 10.2 Å². The third-order valence-electron chi connectivity index (χ3n) is 4.28. The lowest BCUT2D eigenvalue weighted by Crippen LogP contribution is -2.02.